The maximum absolute atomic E-state index is 13.3. The Balaban J connectivity index is 1.71. The minimum absolute atomic E-state index is 0.00787. The zero-order valence-electron chi connectivity index (χ0n) is 16.7. The van der Waals surface area contributed by atoms with Crippen LogP contribution in [0.15, 0.2) is 71.4 Å². The first-order valence-electron chi connectivity index (χ1n) is 10.5. The fraction of sp³-hybridized carbons (Fsp3) is 0.320. The van der Waals surface area contributed by atoms with Gasteiger partial charge in [-0.15, -0.1) is 0 Å². The molecule has 0 atom stereocenters. The molecule has 1 aliphatic carbocycles. The zero-order valence-corrected chi connectivity index (χ0v) is 17.4. The van der Waals surface area contributed by atoms with E-state index in [4.69, 9.17) is 11.6 Å². The Hall–Kier alpha value is -2.52. The molecule has 2 aromatic carbocycles. The van der Waals surface area contributed by atoms with Crippen LogP contribution in [0.3, 0.4) is 0 Å². The highest BCUT2D eigenvalue weighted by Gasteiger charge is 2.27. The van der Waals surface area contributed by atoms with Crippen LogP contribution in [-0.4, -0.2) is 23.9 Å². The Morgan fingerprint density at radius 1 is 0.931 bits per heavy atom. The van der Waals surface area contributed by atoms with Crippen LogP contribution >= 0.6 is 11.6 Å². The molecule has 0 unspecified atom stereocenters. The smallest absolute Gasteiger partial charge is 0.253 e. The predicted molar refractivity (Wildman–Crippen MR) is 121 cm³/mol. The number of anilines is 1. The summed E-state index contributed by atoms with van der Waals surface area (Å²) in [4.78, 5) is 15.7. The van der Waals surface area contributed by atoms with Gasteiger partial charge in [0.15, 0.2) is 0 Å². The molecular formula is C25H27ClN2O. The van der Waals surface area contributed by atoms with E-state index in [1.54, 1.807) is 6.07 Å². The van der Waals surface area contributed by atoms with Crippen LogP contribution in [-0.2, 0) is 4.79 Å². The van der Waals surface area contributed by atoms with Gasteiger partial charge in [0.2, 0.25) is 0 Å². The molecule has 0 aromatic heterocycles. The van der Waals surface area contributed by atoms with Gasteiger partial charge in [0.05, 0.1) is 0 Å². The van der Waals surface area contributed by atoms with Gasteiger partial charge in [-0.1, -0.05) is 48.0 Å². The van der Waals surface area contributed by atoms with Crippen molar-refractivity contribution in [2.75, 3.05) is 18.4 Å². The average Bonchev–Trinajstić information content (AvgIpc) is 2.75. The minimum atomic E-state index is -0.00787. The summed E-state index contributed by atoms with van der Waals surface area (Å²) in [7, 11) is 0. The van der Waals surface area contributed by atoms with Gasteiger partial charge in [-0.25, -0.2) is 0 Å². The van der Waals surface area contributed by atoms with Crippen molar-refractivity contribution in [3.63, 3.8) is 0 Å². The number of carbonyl (C=O) groups is 1. The van der Waals surface area contributed by atoms with E-state index in [-0.39, 0.29) is 5.91 Å². The Labute approximate surface area is 178 Å². The Morgan fingerprint density at radius 2 is 1.72 bits per heavy atom. The standard InChI is InChI=1S/C25H27ClN2O/c26-21-12-8-13-22(18-21)27-25(29)23-14-7-11-20(17-19-9-3-1-4-10-19)24(23)28-15-5-2-6-16-28/h1,3-4,8-10,12-13,17-18H,2,5-7,11,14-16H2,(H,27,29)/b20-17-. The number of piperidine rings is 1. The number of nitrogens with zero attached hydrogens (tertiary/aromatic N) is 1. The monoisotopic (exact) mass is 406 g/mol. The molecule has 150 valence electrons. The van der Waals surface area contributed by atoms with E-state index in [2.05, 4.69) is 40.6 Å². The number of nitrogens with one attached hydrogen (secondary N) is 1. The number of benzene rings is 2. The molecule has 0 saturated carbocycles. The van der Waals surface area contributed by atoms with E-state index in [0.717, 1.165) is 49.3 Å². The molecule has 1 aliphatic heterocycles. The van der Waals surface area contributed by atoms with E-state index < -0.39 is 0 Å². The van der Waals surface area contributed by atoms with Crippen LogP contribution in [0, 0.1) is 0 Å². The molecule has 4 rings (SSSR count). The lowest BCUT2D eigenvalue weighted by atomic mass is 9.88. The molecule has 2 aromatic rings. The Morgan fingerprint density at radius 3 is 2.48 bits per heavy atom. The molecule has 29 heavy (non-hydrogen) atoms. The second-order valence-electron chi connectivity index (χ2n) is 7.77. The van der Waals surface area contributed by atoms with Gasteiger partial charge in [-0.05, 0) is 73.9 Å². The van der Waals surface area contributed by atoms with Crippen molar-refractivity contribution in [2.24, 2.45) is 0 Å². The maximum atomic E-state index is 13.3. The molecule has 0 bridgehead atoms. The number of halogens is 1. The first-order chi connectivity index (χ1) is 14.2. The van der Waals surface area contributed by atoms with Gasteiger partial charge < -0.3 is 10.2 Å². The summed E-state index contributed by atoms with van der Waals surface area (Å²) >= 11 is 6.10. The second kappa shape index (κ2) is 9.32. The summed E-state index contributed by atoms with van der Waals surface area (Å²) < 4.78 is 0. The van der Waals surface area contributed by atoms with Crippen molar-refractivity contribution in [3.8, 4) is 0 Å². The van der Waals surface area contributed by atoms with Crippen LogP contribution in [0.25, 0.3) is 6.08 Å². The minimum Gasteiger partial charge on any atom is -0.371 e. The highest BCUT2D eigenvalue weighted by molar-refractivity contribution is 6.31. The van der Waals surface area contributed by atoms with Crippen molar-refractivity contribution >= 4 is 29.3 Å². The van der Waals surface area contributed by atoms with Crippen molar-refractivity contribution in [2.45, 2.75) is 38.5 Å². The largest absolute Gasteiger partial charge is 0.371 e. The van der Waals surface area contributed by atoms with Crippen LogP contribution in [0.2, 0.25) is 5.02 Å². The number of carbonyl (C=O) groups excluding carboxylic acids is 1. The third-order valence-corrected chi connectivity index (χ3v) is 5.87. The molecule has 2 aliphatic rings. The van der Waals surface area contributed by atoms with Crippen LogP contribution in [0.1, 0.15) is 44.1 Å². The van der Waals surface area contributed by atoms with Gasteiger partial charge >= 0.3 is 0 Å². The first-order valence-corrected chi connectivity index (χ1v) is 10.9. The molecule has 1 N–H and O–H groups in total. The lowest BCUT2D eigenvalue weighted by Gasteiger charge is -2.36. The number of hydrogen-bond donors (Lipinski definition) is 1. The van der Waals surface area contributed by atoms with Crippen molar-refractivity contribution in [1.82, 2.24) is 4.90 Å². The van der Waals surface area contributed by atoms with E-state index in [1.165, 1.54) is 30.4 Å². The van der Waals surface area contributed by atoms with Crippen LogP contribution < -0.4 is 5.32 Å². The first kappa shape index (κ1) is 19.8. The van der Waals surface area contributed by atoms with Crippen molar-refractivity contribution in [1.29, 1.82) is 0 Å². The molecule has 1 fully saturated rings. The number of hydrogen-bond acceptors (Lipinski definition) is 2. The summed E-state index contributed by atoms with van der Waals surface area (Å²) in [5.41, 5.74) is 5.26. The summed E-state index contributed by atoms with van der Waals surface area (Å²) in [5, 5.41) is 3.70. The van der Waals surface area contributed by atoms with Crippen molar-refractivity contribution < 1.29 is 4.79 Å². The van der Waals surface area contributed by atoms with Gasteiger partial charge in [0.1, 0.15) is 0 Å². The molecule has 1 heterocycles. The lowest BCUT2D eigenvalue weighted by Crippen LogP contribution is -2.34. The third kappa shape index (κ3) is 4.91. The molecule has 1 amide bonds. The summed E-state index contributed by atoms with van der Waals surface area (Å²) in [5.74, 6) is -0.00787. The molecule has 1 saturated heterocycles. The molecule has 0 spiro atoms. The van der Waals surface area contributed by atoms with Gasteiger partial charge in [0, 0.05) is 35.1 Å². The van der Waals surface area contributed by atoms with E-state index in [9.17, 15) is 4.79 Å². The predicted octanol–water partition coefficient (Wildman–Crippen LogP) is 6.29. The highest BCUT2D eigenvalue weighted by Crippen LogP contribution is 2.35. The summed E-state index contributed by atoms with van der Waals surface area (Å²) in [6.07, 6.45) is 8.71. The topological polar surface area (TPSA) is 32.3 Å². The quantitative estimate of drug-likeness (QED) is 0.647. The zero-order chi connectivity index (χ0) is 20.1. The summed E-state index contributed by atoms with van der Waals surface area (Å²) in [6.45, 7) is 2.05. The second-order valence-corrected chi connectivity index (χ2v) is 8.21. The molecule has 0 radical (unpaired) electrons. The number of likely N-dealkylation sites (tertiary alicyclic amines) is 1. The Kier molecular flexibility index (Phi) is 6.36. The molecule has 4 heteroatoms. The number of amides is 1. The van der Waals surface area contributed by atoms with E-state index in [0.29, 0.717) is 5.02 Å². The number of rotatable bonds is 4. The lowest BCUT2D eigenvalue weighted by molar-refractivity contribution is -0.113. The van der Waals surface area contributed by atoms with Gasteiger partial charge in [-0.3, -0.25) is 4.79 Å². The van der Waals surface area contributed by atoms with Crippen LogP contribution in [0.4, 0.5) is 5.69 Å². The third-order valence-electron chi connectivity index (χ3n) is 5.63. The average molecular weight is 407 g/mol. The van der Waals surface area contributed by atoms with Gasteiger partial charge in [-0.2, -0.15) is 0 Å². The SMILES string of the molecule is O=C(Nc1cccc(Cl)c1)C1=C(N2CCCCC2)/C(=C\c2ccccc2)CCC1. The molecule has 3 nitrogen and oxygen atoms in total. The van der Waals surface area contributed by atoms with E-state index >= 15 is 0 Å². The maximum Gasteiger partial charge on any atom is 0.253 e. The fourth-order valence-electron chi connectivity index (χ4n) is 4.28. The Bertz CT molecular complexity index is 927. The van der Waals surface area contributed by atoms with Crippen molar-refractivity contribution in [3.05, 3.63) is 82.0 Å². The van der Waals surface area contributed by atoms with Gasteiger partial charge in [0.25, 0.3) is 5.91 Å². The summed E-state index contributed by atoms with van der Waals surface area (Å²) in [6, 6.07) is 17.8. The normalized spacial score (nSPS) is 18.8. The van der Waals surface area contributed by atoms with E-state index in [1.807, 2.05) is 24.3 Å². The highest BCUT2D eigenvalue weighted by atomic mass is 35.5. The fourth-order valence-corrected chi connectivity index (χ4v) is 4.47. The van der Waals surface area contributed by atoms with Crippen LogP contribution in [0.5, 0.6) is 0 Å². The molecular weight excluding hydrogens is 380 g/mol. The number of allylic oxidation sites excluding steroid dienone is 1.